The van der Waals surface area contributed by atoms with Crippen molar-refractivity contribution in [1.29, 1.82) is 0 Å². The van der Waals surface area contributed by atoms with Crippen LogP contribution in [0.15, 0.2) is 18.2 Å². The van der Waals surface area contributed by atoms with E-state index in [0.717, 1.165) is 0 Å². The van der Waals surface area contributed by atoms with Gasteiger partial charge in [0.15, 0.2) is 0 Å². The molecule has 0 atom stereocenters. The number of amides is 1. The van der Waals surface area contributed by atoms with Gasteiger partial charge in [0.05, 0.1) is 29.7 Å². The summed E-state index contributed by atoms with van der Waals surface area (Å²) in [4.78, 5) is 22.4. The summed E-state index contributed by atoms with van der Waals surface area (Å²) in [6.07, 6.45) is 0.125. The van der Waals surface area contributed by atoms with Crippen LogP contribution >= 0.6 is 23.2 Å². The SMILES string of the molecule is CCOC(=O)CNC(=O)CCOc1ccc(Cl)c(Cl)c1. The van der Waals surface area contributed by atoms with Crippen molar-refractivity contribution < 1.29 is 19.1 Å². The maximum atomic E-state index is 11.4. The van der Waals surface area contributed by atoms with Gasteiger partial charge in [0.25, 0.3) is 0 Å². The summed E-state index contributed by atoms with van der Waals surface area (Å²) in [5.41, 5.74) is 0. The lowest BCUT2D eigenvalue weighted by atomic mass is 10.3. The summed E-state index contributed by atoms with van der Waals surface area (Å²) in [5, 5.41) is 3.25. The zero-order chi connectivity index (χ0) is 15.0. The fourth-order valence-electron chi connectivity index (χ4n) is 1.30. The van der Waals surface area contributed by atoms with E-state index >= 15 is 0 Å². The molecule has 20 heavy (non-hydrogen) atoms. The van der Waals surface area contributed by atoms with Crippen molar-refractivity contribution in [3.8, 4) is 5.75 Å². The topological polar surface area (TPSA) is 64.6 Å². The van der Waals surface area contributed by atoms with Crippen LogP contribution in [0.1, 0.15) is 13.3 Å². The largest absolute Gasteiger partial charge is 0.493 e. The third-order valence-electron chi connectivity index (χ3n) is 2.22. The van der Waals surface area contributed by atoms with Gasteiger partial charge < -0.3 is 14.8 Å². The second-order valence-electron chi connectivity index (χ2n) is 3.76. The predicted octanol–water partition coefficient (Wildman–Crippen LogP) is 2.44. The van der Waals surface area contributed by atoms with Crippen LogP contribution in [0.5, 0.6) is 5.75 Å². The number of hydrogen-bond donors (Lipinski definition) is 1. The molecule has 0 aliphatic rings. The van der Waals surface area contributed by atoms with Crippen molar-refractivity contribution >= 4 is 35.1 Å². The average molecular weight is 320 g/mol. The standard InChI is InChI=1S/C13H15Cl2NO4/c1-2-19-13(18)8-16-12(17)5-6-20-9-3-4-10(14)11(15)7-9/h3-4,7H,2,5-6,8H2,1H3,(H,16,17). The zero-order valence-corrected chi connectivity index (χ0v) is 12.5. The highest BCUT2D eigenvalue weighted by atomic mass is 35.5. The number of rotatable bonds is 7. The normalized spacial score (nSPS) is 9.95. The van der Waals surface area contributed by atoms with Gasteiger partial charge in [-0.2, -0.15) is 0 Å². The van der Waals surface area contributed by atoms with Crippen LogP contribution in [0.3, 0.4) is 0 Å². The van der Waals surface area contributed by atoms with E-state index in [9.17, 15) is 9.59 Å². The van der Waals surface area contributed by atoms with E-state index in [1.54, 1.807) is 25.1 Å². The van der Waals surface area contributed by atoms with E-state index in [0.29, 0.717) is 15.8 Å². The second kappa shape index (κ2) is 8.66. The molecule has 1 rings (SSSR count). The van der Waals surface area contributed by atoms with Crippen molar-refractivity contribution in [2.24, 2.45) is 0 Å². The Balaban J connectivity index is 2.24. The molecule has 110 valence electrons. The Morgan fingerprint density at radius 2 is 2.00 bits per heavy atom. The number of ether oxygens (including phenoxy) is 2. The number of benzene rings is 1. The number of carbonyl (C=O) groups excluding carboxylic acids is 2. The van der Waals surface area contributed by atoms with Crippen LogP contribution in [0.25, 0.3) is 0 Å². The Morgan fingerprint density at radius 3 is 2.65 bits per heavy atom. The highest BCUT2D eigenvalue weighted by Gasteiger charge is 2.06. The molecule has 0 radical (unpaired) electrons. The van der Waals surface area contributed by atoms with Crippen molar-refractivity contribution in [2.75, 3.05) is 19.8 Å². The minimum atomic E-state index is -0.466. The molecule has 5 nitrogen and oxygen atoms in total. The van der Waals surface area contributed by atoms with Gasteiger partial charge in [-0.25, -0.2) is 0 Å². The first-order valence-electron chi connectivity index (χ1n) is 6.03. The molecule has 0 saturated carbocycles. The third-order valence-corrected chi connectivity index (χ3v) is 2.96. The Kier molecular flexibility index (Phi) is 7.18. The van der Waals surface area contributed by atoms with Crippen LogP contribution < -0.4 is 10.1 Å². The zero-order valence-electron chi connectivity index (χ0n) is 10.9. The van der Waals surface area contributed by atoms with E-state index in [1.807, 2.05) is 0 Å². The van der Waals surface area contributed by atoms with Crippen LogP contribution in [0, 0.1) is 0 Å². The quantitative estimate of drug-likeness (QED) is 0.784. The van der Waals surface area contributed by atoms with Crippen molar-refractivity contribution in [3.63, 3.8) is 0 Å². The van der Waals surface area contributed by atoms with Crippen LogP contribution in [-0.2, 0) is 14.3 Å². The fourth-order valence-corrected chi connectivity index (χ4v) is 1.59. The summed E-state index contributed by atoms with van der Waals surface area (Å²) in [6.45, 7) is 2.02. The molecule has 0 aromatic heterocycles. The van der Waals surface area contributed by atoms with Gasteiger partial charge in [0.1, 0.15) is 12.3 Å². The minimum absolute atomic E-state index is 0.125. The molecule has 0 saturated heterocycles. The number of hydrogen-bond acceptors (Lipinski definition) is 4. The monoisotopic (exact) mass is 319 g/mol. The molecule has 1 aromatic rings. The van der Waals surface area contributed by atoms with E-state index < -0.39 is 5.97 Å². The highest BCUT2D eigenvalue weighted by Crippen LogP contribution is 2.26. The summed E-state index contributed by atoms with van der Waals surface area (Å²) in [7, 11) is 0. The Labute approximate surface area is 127 Å². The molecule has 0 aliphatic heterocycles. The number of esters is 1. The lowest BCUT2D eigenvalue weighted by Gasteiger charge is -2.07. The molecule has 0 aliphatic carbocycles. The average Bonchev–Trinajstić information content (AvgIpc) is 2.41. The van der Waals surface area contributed by atoms with Gasteiger partial charge in [0.2, 0.25) is 5.91 Å². The molecule has 0 heterocycles. The van der Waals surface area contributed by atoms with E-state index in [2.05, 4.69) is 10.1 Å². The number of carbonyl (C=O) groups is 2. The third kappa shape index (κ3) is 6.12. The van der Waals surface area contributed by atoms with E-state index in [4.69, 9.17) is 27.9 Å². The lowest BCUT2D eigenvalue weighted by molar-refractivity contribution is -0.143. The molecule has 0 bridgehead atoms. The highest BCUT2D eigenvalue weighted by molar-refractivity contribution is 6.42. The van der Waals surface area contributed by atoms with Crippen LogP contribution in [0.4, 0.5) is 0 Å². The van der Waals surface area contributed by atoms with Crippen molar-refractivity contribution in [1.82, 2.24) is 5.32 Å². The Hall–Kier alpha value is -1.46. The van der Waals surface area contributed by atoms with Crippen molar-refractivity contribution in [3.05, 3.63) is 28.2 Å². The summed E-state index contributed by atoms with van der Waals surface area (Å²) in [6, 6.07) is 4.84. The molecule has 0 unspecified atom stereocenters. The molecular formula is C13H15Cl2NO4. The second-order valence-corrected chi connectivity index (χ2v) is 4.57. The molecule has 1 N–H and O–H groups in total. The van der Waals surface area contributed by atoms with Crippen molar-refractivity contribution in [2.45, 2.75) is 13.3 Å². The van der Waals surface area contributed by atoms with Gasteiger partial charge in [-0.05, 0) is 19.1 Å². The lowest BCUT2D eigenvalue weighted by Crippen LogP contribution is -2.31. The molecule has 1 amide bonds. The fraction of sp³-hybridized carbons (Fsp3) is 0.385. The molecule has 1 aromatic carbocycles. The molecule has 0 fully saturated rings. The maximum Gasteiger partial charge on any atom is 0.325 e. The molecule has 7 heteroatoms. The summed E-state index contributed by atoms with van der Waals surface area (Å²) >= 11 is 11.6. The minimum Gasteiger partial charge on any atom is -0.493 e. The first-order chi connectivity index (χ1) is 9.52. The van der Waals surface area contributed by atoms with Crippen LogP contribution in [0.2, 0.25) is 10.0 Å². The summed E-state index contributed by atoms with van der Waals surface area (Å²) < 4.78 is 10.0. The van der Waals surface area contributed by atoms with E-state index in [-0.39, 0.29) is 32.1 Å². The number of nitrogens with one attached hydrogen (secondary N) is 1. The van der Waals surface area contributed by atoms with Gasteiger partial charge in [0, 0.05) is 6.07 Å². The smallest absolute Gasteiger partial charge is 0.325 e. The predicted molar refractivity (Wildman–Crippen MR) is 76.2 cm³/mol. The van der Waals surface area contributed by atoms with Crippen LogP contribution in [-0.4, -0.2) is 31.6 Å². The van der Waals surface area contributed by atoms with Gasteiger partial charge in [-0.1, -0.05) is 23.2 Å². The van der Waals surface area contributed by atoms with E-state index in [1.165, 1.54) is 0 Å². The van der Waals surface area contributed by atoms with Gasteiger partial charge in [-0.15, -0.1) is 0 Å². The first-order valence-corrected chi connectivity index (χ1v) is 6.78. The Bertz CT molecular complexity index is 479. The molecule has 0 spiro atoms. The van der Waals surface area contributed by atoms with Gasteiger partial charge >= 0.3 is 5.97 Å². The maximum absolute atomic E-state index is 11.4. The molecular weight excluding hydrogens is 305 g/mol. The Morgan fingerprint density at radius 1 is 1.25 bits per heavy atom. The first kappa shape index (κ1) is 16.6. The number of halogens is 2. The van der Waals surface area contributed by atoms with Gasteiger partial charge in [-0.3, -0.25) is 9.59 Å². The summed E-state index contributed by atoms with van der Waals surface area (Å²) in [5.74, 6) is -0.234.